The number of hydrogen-bond donors (Lipinski definition) is 0. The van der Waals surface area contributed by atoms with Crippen molar-refractivity contribution in [2.75, 3.05) is 0 Å². The molecule has 19 heavy (non-hydrogen) atoms. The molecule has 0 atom stereocenters. The van der Waals surface area contributed by atoms with Crippen LogP contribution in [0.15, 0.2) is 47.3 Å². The molecule has 0 aliphatic heterocycles. The van der Waals surface area contributed by atoms with Gasteiger partial charge in [-0.1, -0.05) is 11.6 Å². The fourth-order valence-corrected chi connectivity index (χ4v) is 2.19. The lowest BCUT2D eigenvalue weighted by atomic mass is 10.2. The molecular weight excluding hydrogens is 264 g/mol. The van der Waals surface area contributed by atoms with Gasteiger partial charge in [-0.05, 0) is 30.3 Å². The van der Waals surface area contributed by atoms with Crippen LogP contribution in [0.3, 0.4) is 0 Å². The van der Waals surface area contributed by atoms with Crippen LogP contribution in [0.4, 0.5) is 0 Å². The van der Waals surface area contributed by atoms with Crippen LogP contribution in [0.5, 0.6) is 0 Å². The molecule has 0 saturated heterocycles. The third-order valence-corrected chi connectivity index (χ3v) is 3.11. The highest BCUT2D eigenvalue weighted by Gasteiger charge is 2.11. The first-order valence-corrected chi connectivity index (χ1v) is 6.03. The highest BCUT2D eigenvalue weighted by molar-refractivity contribution is 6.31. The van der Waals surface area contributed by atoms with Crippen molar-refractivity contribution in [1.82, 2.24) is 19.6 Å². The van der Waals surface area contributed by atoms with Gasteiger partial charge in [0.1, 0.15) is 6.33 Å². The van der Waals surface area contributed by atoms with Crippen molar-refractivity contribution in [3.05, 3.63) is 47.9 Å². The van der Waals surface area contributed by atoms with Crippen molar-refractivity contribution in [1.29, 1.82) is 0 Å². The number of benzene rings is 1. The molecule has 0 aliphatic carbocycles. The fraction of sp³-hybridized carbons (Fsp3) is 0. The standard InChI is InChI=1S/C13H7ClN4O/c14-8-3-4-10-9(6-8)13-16-12(11-2-1-5-19-11)17-18(13)7-15-10/h1-7H. The first-order chi connectivity index (χ1) is 9.31. The van der Waals surface area contributed by atoms with Gasteiger partial charge in [-0.15, -0.1) is 5.10 Å². The monoisotopic (exact) mass is 270 g/mol. The van der Waals surface area contributed by atoms with Crippen LogP contribution in [0, 0.1) is 0 Å². The van der Waals surface area contributed by atoms with Gasteiger partial charge in [0.2, 0.25) is 5.82 Å². The molecule has 3 heterocycles. The average molecular weight is 271 g/mol. The summed E-state index contributed by atoms with van der Waals surface area (Å²) in [5.41, 5.74) is 1.54. The number of aromatic nitrogens is 4. The summed E-state index contributed by atoms with van der Waals surface area (Å²) < 4.78 is 6.92. The van der Waals surface area contributed by atoms with Crippen LogP contribution in [0.1, 0.15) is 0 Å². The van der Waals surface area contributed by atoms with Crippen LogP contribution in [-0.2, 0) is 0 Å². The molecule has 0 fully saturated rings. The lowest BCUT2D eigenvalue weighted by Crippen LogP contribution is -1.91. The molecule has 0 spiro atoms. The average Bonchev–Trinajstić information content (AvgIpc) is 3.07. The van der Waals surface area contributed by atoms with Gasteiger partial charge in [0.05, 0.1) is 11.8 Å². The molecule has 0 bridgehead atoms. The minimum absolute atomic E-state index is 0.527. The molecule has 0 saturated carbocycles. The molecule has 0 N–H and O–H groups in total. The molecule has 4 rings (SSSR count). The quantitative estimate of drug-likeness (QED) is 0.533. The Labute approximate surface area is 112 Å². The largest absolute Gasteiger partial charge is 0.461 e. The van der Waals surface area contributed by atoms with E-state index in [1.165, 1.54) is 0 Å². The first kappa shape index (κ1) is 10.5. The summed E-state index contributed by atoms with van der Waals surface area (Å²) in [6, 6.07) is 9.11. The van der Waals surface area contributed by atoms with Crippen LogP contribution in [0.25, 0.3) is 28.1 Å². The van der Waals surface area contributed by atoms with Gasteiger partial charge in [-0.2, -0.15) is 0 Å². The Morgan fingerprint density at radius 2 is 2.16 bits per heavy atom. The van der Waals surface area contributed by atoms with Crippen molar-refractivity contribution >= 4 is 28.2 Å². The minimum Gasteiger partial charge on any atom is -0.461 e. The zero-order chi connectivity index (χ0) is 12.8. The summed E-state index contributed by atoms with van der Waals surface area (Å²) in [4.78, 5) is 8.80. The van der Waals surface area contributed by atoms with Crippen LogP contribution in [0.2, 0.25) is 5.02 Å². The van der Waals surface area contributed by atoms with E-state index < -0.39 is 0 Å². The number of nitrogens with zero attached hydrogens (tertiary/aromatic N) is 4. The van der Waals surface area contributed by atoms with Crippen LogP contribution in [-0.4, -0.2) is 19.6 Å². The molecule has 3 aromatic heterocycles. The maximum atomic E-state index is 6.02. The molecule has 0 aliphatic rings. The van der Waals surface area contributed by atoms with Gasteiger partial charge in [0.15, 0.2) is 11.4 Å². The SMILES string of the molecule is Clc1ccc2ncn3nc(-c4ccco4)nc3c2c1. The van der Waals surface area contributed by atoms with E-state index in [0.29, 0.717) is 22.3 Å². The lowest BCUT2D eigenvalue weighted by molar-refractivity contribution is 0.577. The second-order valence-corrected chi connectivity index (χ2v) is 4.52. The number of fused-ring (bicyclic) bond motifs is 3. The molecule has 0 unspecified atom stereocenters. The fourth-order valence-electron chi connectivity index (χ4n) is 2.01. The van der Waals surface area contributed by atoms with Crippen molar-refractivity contribution in [2.45, 2.75) is 0 Å². The lowest BCUT2D eigenvalue weighted by Gasteiger charge is -1.98. The minimum atomic E-state index is 0.527. The van der Waals surface area contributed by atoms with Gasteiger partial charge in [-0.3, -0.25) is 0 Å². The molecule has 0 radical (unpaired) electrons. The number of rotatable bonds is 1. The van der Waals surface area contributed by atoms with E-state index >= 15 is 0 Å². The summed E-state index contributed by atoms with van der Waals surface area (Å²) in [6.07, 6.45) is 3.22. The van der Waals surface area contributed by atoms with E-state index in [1.807, 2.05) is 18.2 Å². The molecule has 5 nitrogen and oxygen atoms in total. The van der Waals surface area contributed by atoms with Gasteiger partial charge in [0.25, 0.3) is 0 Å². The van der Waals surface area contributed by atoms with Crippen molar-refractivity contribution in [2.24, 2.45) is 0 Å². The molecular formula is C13H7ClN4O. The molecule has 4 aromatic rings. The molecule has 6 heteroatoms. The van der Waals surface area contributed by atoms with E-state index in [1.54, 1.807) is 29.2 Å². The number of hydrogen-bond acceptors (Lipinski definition) is 4. The van der Waals surface area contributed by atoms with E-state index in [0.717, 1.165) is 10.9 Å². The van der Waals surface area contributed by atoms with E-state index in [2.05, 4.69) is 15.1 Å². The highest BCUT2D eigenvalue weighted by atomic mass is 35.5. The Hall–Kier alpha value is -2.40. The third kappa shape index (κ3) is 1.59. The normalized spacial score (nSPS) is 11.4. The molecule has 0 amide bonds. The molecule has 92 valence electrons. The highest BCUT2D eigenvalue weighted by Crippen LogP contribution is 2.23. The maximum Gasteiger partial charge on any atom is 0.217 e. The predicted octanol–water partition coefficient (Wildman–Crippen LogP) is 3.19. The Kier molecular flexibility index (Phi) is 2.10. The molecule has 1 aromatic carbocycles. The predicted molar refractivity (Wildman–Crippen MR) is 71.0 cm³/mol. The van der Waals surface area contributed by atoms with Crippen molar-refractivity contribution in [3.8, 4) is 11.6 Å². The zero-order valence-electron chi connectivity index (χ0n) is 9.62. The van der Waals surface area contributed by atoms with Gasteiger partial charge in [0, 0.05) is 10.4 Å². The second-order valence-electron chi connectivity index (χ2n) is 4.09. The second kappa shape index (κ2) is 3.80. The Balaban J connectivity index is 2.07. The smallest absolute Gasteiger partial charge is 0.217 e. The van der Waals surface area contributed by atoms with E-state index in [4.69, 9.17) is 16.0 Å². The van der Waals surface area contributed by atoms with Gasteiger partial charge < -0.3 is 4.42 Å². The number of halogens is 1. The van der Waals surface area contributed by atoms with Crippen LogP contribution < -0.4 is 0 Å². The Morgan fingerprint density at radius 1 is 1.21 bits per heavy atom. The third-order valence-electron chi connectivity index (χ3n) is 2.88. The van der Waals surface area contributed by atoms with Gasteiger partial charge >= 0.3 is 0 Å². The summed E-state index contributed by atoms with van der Waals surface area (Å²) in [6.45, 7) is 0. The first-order valence-electron chi connectivity index (χ1n) is 5.66. The maximum absolute atomic E-state index is 6.02. The Bertz CT molecular complexity index is 882. The Morgan fingerprint density at radius 3 is 3.00 bits per heavy atom. The summed E-state index contributed by atoms with van der Waals surface area (Å²) in [7, 11) is 0. The summed E-state index contributed by atoms with van der Waals surface area (Å²) in [5.74, 6) is 1.15. The topological polar surface area (TPSA) is 56.2 Å². The zero-order valence-corrected chi connectivity index (χ0v) is 10.4. The van der Waals surface area contributed by atoms with Crippen molar-refractivity contribution in [3.63, 3.8) is 0 Å². The number of furan rings is 1. The van der Waals surface area contributed by atoms with Crippen LogP contribution >= 0.6 is 11.6 Å². The van der Waals surface area contributed by atoms with Gasteiger partial charge in [-0.25, -0.2) is 14.5 Å². The van der Waals surface area contributed by atoms with Crippen molar-refractivity contribution < 1.29 is 4.42 Å². The van der Waals surface area contributed by atoms with E-state index in [9.17, 15) is 0 Å². The summed E-state index contributed by atoms with van der Waals surface area (Å²) in [5, 5.41) is 5.85. The van der Waals surface area contributed by atoms with E-state index in [-0.39, 0.29) is 0 Å². The summed E-state index contributed by atoms with van der Waals surface area (Å²) >= 11 is 6.02.